The van der Waals surface area contributed by atoms with Gasteiger partial charge in [-0.1, -0.05) is 30.3 Å². The van der Waals surface area contributed by atoms with E-state index in [4.69, 9.17) is 0 Å². The van der Waals surface area contributed by atoms with E-state index in [1.54, 1.807) is 0 Å². The fourth-order valence-electron chi connectivity index (χ4n) is 3.33. The predicted octanol–water partition coefficient (Wildman–Crippen LogP) is 2.68. The maximum atomic E-state index is 4.50. The molecule has 0 amide bonds. The lowest BCUT2D eigenvalue weighted by atomic mass is 10.0. The first-order valence-corrected chi connectivity index (χ1v) is 7.99. The highest BCUT2D eigenvalue weighted by atomic mass is 15.3. The van der Waals surface area contributed by atoms with E-state index in [1.165, 1.54) is 16.8 Å². The first kappa shape index (κ1) is 14.2. The minimum atomic E-state index is 0.359. The van der Waals surface area contributed by atoms with Crippen molar-refractivity contribution in [3.05, 3.63) is 71.6 Å². The average Bonchev–Trinajstić information content (AvgIpc) is 3.16. The fourth-order valence-corrected chi connectivity index (χ4v) is 3.33. The molecule has 1 atom stereocenters. The summed E-state index contributed by atoms with van der Waals surface area (Å²) in [6.45, 7) is 4.83. The van der Waals surface area contributed by atoms with Crippen LogP contribution in [0.4, 0.5) is 0 Å². The largest absolute Gasteiger partial charge is 0.332 e. The Morgan fingerprint density at radius 2 is 2.04 bits per heavy atom. The molecule has 0 unspecified atom stereocenters. The molecule has 0 spiro atoms. The number of hydrogen-bond donors (Lipinski definition) is 0. The van der Waals surface area contributed by atoms with Crippen LogP contribution >= 0.6 is 0 Å². The first-order valence-electron chi connectivity index (χ1n) is 7.99. The summed E-state index contributed by atoms with van der Waals surface area (Å²) in [4.78, 5) is 7.01. The molecule has 0 aliphatic carbocycles. The Kier molecular flexibility index (Phi) is 3.50. The second kappa shape index (κ2) is 5.66. The van der Waals surface area contributed by atoms with Gasteiger partial charge in [-0.25, -0.2) is 4.98 Å². The van der Waals surface area contributed by atoms with E-state index in [0.717, 1.165) is 25.5 Å². The first-order chi connectivity index (χ1) is 11.2. The summed E-state index contributed by atoms with van der Waals surface area (Å²) in [6.07, 6.45) is 5.96. The van der Waals surface area contributed by atoms with Crippen molar-refractivity contribution in [2.45, 2.75) is 32.6 Å². The molecule has 0 bridgehead atoms. The van der Waals surface area contributed by atoms with Gasteiger partial charge in [0, 0.05) is 43.8 Å². The zero-order valence-electron chi connectivity index (χ0n) is 13.6. The number of hydrogen-bond acceptors (Lipinski definition) is 3. The number of fused-ring (bicyclic) bond motifs is 1. The highest BCUT2D eigenvalue weighted by molar-refractivity contribution is 5.22. The molecule has 1 aliphatic rings. The van der Waals surface area contributed by atoms with E-state index in [9.17, 15) is 0 Å². The minimum absolute atomic E-state index is 0.359. The third-order valence-corrected chi connectivity index (χ3v) is 4.85. The molecule has 118 valence electrons. The molecule has 1 aliphatic heterocycles. The Morgan fingerprint density at radius 1 is 1.22 bits per heavy atom. The van der Waals surface area contributed by atoms with Crippen molar-refractivity contribution in [3.63, 3.8) is 0 Å². The molecule has 5 nitrogen and oxygen atoms in total. The number of nitrogens with zero attached hydrogens (tertiary/aromatic N) is 5. The monoisotopic (exact) mass is 307 g/mol. The number of aryl methyl sites for hydroxylation is 1. The summed E-state index contributed by atoms with van der Waals surface area (Å²) in [5.41, 5.74) is 3.87. The Bertz CT molecular complexity index is 802. The normalized spacial score (nSPS) is 18.1. The van der Waals surface area contributed by atoms with E-state index in [-0.39, 0.29) is 0 Å². The molecule has 0 saturated carbocycles. The molecule has 1 aromatic carbocycles. The van der Waals surface area contributed by atoms with E-state index < -0.39 is 0 Å². The van der Waals surface area contributed by atoms with E-state index in [1.807, 2.05) is 24.1 Å². The van der Waals surface area contributed by atoms with Crippen molar-refractivity contribution < 1.29 is 0 Å². The Morgan fingerprint density at radius 3 is 2.78 bits per heavy atom. The lowest BCUT2D eigenvalue weighted by molar-refractivity contribution is 0.128. The van der Waals surface area contributed by atoms with Crippen LogP contribution in [0.2, 0.25) is 0 Å². The summed E-state index contributed by atoms with van der Waals surface area (Å²) in [7, 11) is 2.00. The van der Waals surface area contributed by atoms with Crippen molar-refractivity contribution in [2.75, 3.05) is 0 Å². The van der Waals surface area contributed by atoms with Gasteiger partial charge in [-0.3, -0.25) is 9.58 Å². The van der Waals surface area contributed by atoms with Gasteiger partial charge in [-0.15, -0.1) is 0 Å². The summed E-state index contributed by atoms with van der Waals surface area (Å²) in [5.74, 6) is 1.14. The molecule has 0 fully saturated rings. The maximum absolute atomic E-state index is 4.50. The third kappa shape index (κ3) is 2.57. The molecular weight excluding hydrogens is 286 g/mol. The van der Waals surface area contributed by atoms with Gasteiger partial charge in [0.25, 0.3) is 0 Å². The van der Waals surface area contributed by atoms with Gasteiger partial charge in [0.05, 0.1) is 18.8 Å². The van der Waals surface area contributed by atoms with Gasteiger partial charge in [0.15, 0.2) is 0 Å². The zero-order valence-corrected chi connectivity index (χ0v) is 13.6. The van der Waals surface area contributed by atoms with Crippen molar-refractivity contribution in [2.24, 2.45) is 7.05 Å². The van der Waals surface area contributed by atoms with Crippen LogP contribution in [0.1, 0.15) is 28.7 Å². The van der Waals surface area contributed by atoms with Crippen LogP contribution in [0.15, 0.2) is 48.9 Å². The smallest absolute Gasteiger partial charge is 0.122 e. The molecular formula is C18H21N5. The molecule has 0 saturated heterocycles. The van der Waals surface area contributed by atoms with E-state index in [0.29, 0.717) is 6.04 Å². The van der Waals surface area contributed by atoms with Crippen LogP contribution in [0.3, 0.4) is 0 Å². The summed E-state index contributed by atoms with van der Waals surface area (Å²) in [6, 6.07) is 11.1. The van der Waals surface area contributed by atoms with Crippen molar-refractivity contribution >= 4 is 0 Å². The Hall–Kier alpha value is -2.40. The summed E-state index contributed by atoms with van der Waals surface area (Å²) in [5, 5.41) is 4.38. The SMILES string of the molecule is Cc1c(CN2Cc3nccn3C[C@H]2c2ccccc2)cnn1C. The number of imidazole rings is 1. The second-order valence-electron chi connectivity index (χ2n) is 6.21. The quantitative estimate of drug-likeness (QED) is 0.747. The molecule has 23 heavy (non-hydrogen) atoms. The summed E-state index contributed by atoms with van der Waals surface area (Å²) >= 11 is 0. The van der Waals surface area contributed by atoms with Crippen molar-refractivity contribution in [3.8, 4) is 0 Å². The van der Waals surface area contributed by atoms with Gasteiger partial charge in [0.2, 0.25) is 0 Å². The second-order valence-corrected chi connectivity index (χ2v) is 6.21. The molecule has 2 aromatic heterocycles. The van der Waals surface area contributed by atoms with Crippen LogP contribution in [0.5, 0.6) is 0 Å². The van der Waals surface area contributed by atoms with Crippen LogP contribution < -0.4 is 0 Å². The van der Waals surface area contributed by atoms with Crippen LogP contribution in [-0.4, -0.2) is 24.2 Å². The molecule has 5 heteroatoms. The zero-order chi connectivity index (χ0) is 15.8. The molecule has 3 heterocycles. The molecule has 4 rings (SSSR count). The average molecular weight is 307 g/mol. The van der Waals surface area contributed by atoms with Gasteiger partial charge in [-0.05, 0) is 12.5 Å². The topological polar surface area (TPSA) is 38.9 Å². The summed E-state index contributed by atoms with van der Waals surface area (Å²) < 4.78 is 4.21. The fraction of sp³-hybridized carbons (Fsp3) is 0.333. The van der Waals surface area contributed by atoms with Gasteiger partial charge in [0.1, 0.15) is 5.82 Å². The highest BCUT2D eigenvalue weighted by Gasteiger charge is 2.28. The van der Waals surface area contributed by atoms with Gasteiger partial charge in [-0.2, -0.15) is 5.10 Å². The molecule has 3 aromatic rings. The van der Waals surface area contributed by atoms with Gasteiger partial charge < -0.3 is 4.57 Å². The minimum Gasteiger partial charge on any atom is -0.332 e. The third-order valence-electron chi connectivity index (χ3n) is 4.85. The highest BCUT2D eigenvalue weighted by Crippen LogP contribution is 2.30. The standard InChI is InChI=1S/C18H21N5/c1-14-16(10-20-21(14)2)11-23-13-18-19-8-9-22(18)12-17(23)15-6-4-3-5-7-15/h3-10,17H,11-13H2,1-2H3/t17-/m0/s1. The van der Waals surface area contributed by atoms with E-state index >= 15 is 0 Å². The van der Waals surface area contributed by atoms with Crippen LogP contribution in [0.25, 0.3) is 0 Å². The van der Waals surface area contributed by atoms with E-state index in [2.05, 4.69) is 63.0 Å². The van der Waals surface area contributed by atoms with Crippen molar-refractivity contribution in [1.29, 1.82) is 0 Å². The lowest BCUT2D eigenvalue weighted by Gasteiger charge is -2.36. The number of benzene rings is 1. The maximum Gasteiger partial charge on any atom is 0.122 e. The number of rotatable bonds is 3. The molecule has 0 radical (unpaired) electrons. The molecule has 0 N–H and O–H groups in total. The van der Waals surface area contributed by atoms with Crippen molar-refractivity contribution in [1.82, 2.24) is 24.2 Å². The van der Waals surface area contributed by atoms with Crippen LogP contribution in [0, 0.1) is 6.92 Å². The Labute approximate surface area is 136 Å². The van der Waals surface area contributed by atoms with Crippen LogP contribution in [-0.2, 0) is 26.7 Å². The number of aromatic nitrogens is 4. The Balaban J connectivity index is 1.68. The predicted molar refractivity (Wildman–Crippen MR) is 88.6 cm³/mol. The lowest BCUT2D eigenvalue weighted by Crippen LogP contribution is -2.36. The van der Waals surface area contributed by atoms with Gasteiger partial charge >= 0.3 is 0 Å².